The Kier molecular flexibility index (Phi) is 7.29. The van der Waals surface area contributed by atoms with Crippen molar-refractivity contribution in [3.05, 3.63) is 64.7 Å². The molecule has 1 unspecified atom stereocenters. The average molecular weight is 378 g/mol. The predicted molar refractivity (Wildman–Crippen MR) is 97.2 cm³/mol. The first-order valence-electron chi connectivity index (χ1n) is 8.11. The minimum Gasteiger partial charge on any atom is -0.508 e. The van der Waals surface area contributed by atoms with Crippen LogP contribution in [0.3, 0.4) is 0 Å². The third-order valence-corrected chi connectivity index (χ3v) is 4.14. The summed E-state index contributed by atoms with van der Waals surface area (Å²) in [6.45, 7) is 0.107. The van der Waals surface area contributed by atoms with Crippen LogP contribution in [0.4, 0.5) is 4.79 Å². The molecule has 138 valence electrons. The van der Waals surface area contributed by atoms with Gasteiger partial charge in [-0.1, -0.05) is 48.0 Å². The monoisotopic (exact) mass is 377 g/mol. The molecule has 0 fully saturated rings. The number of amides is 1. The summed E-state index contributed by atoms with van der Waals surface area (Å²) in [4.78, 5) is 22.9. The Morgan fingerprint density at radius 3 is 2.50 bits per heavy atom. The second-order valence-corrected chi connectivity index (χ2v) is 6.18. The van der Waals surface area contributed by atoms with Crippen LogP contribution in [0.5, 0.6) is 5.75 Å². The van der Waals surface area contributed by atoms with Crippen LogP contribution in [0.15, 0.2) is 48.5 Å². The van der Waals surface area contributed by atoms with E-state index in [1.54, 1.807) is 12.1 Å². The van der Waals surface area contributed by atoms with E-state index in [-0.39, 0.29) is 31.6 Å². The molecule has 0 saturated carbocycles. The lowest BCUT2D eigenvalue weighted by atomic mass is 10.0. The summed E-state index contributed by atoms with van der Waals surface area (Å²) >= 11 is 6.09. The van der Waals surface area contributed by atoms with Gasteiger partial charge in [0, 0.05) is 23.0 Å². The van der Waals surface area contributed by atoms with E-state index in [0.717, 1.165) is 5.56 Å². The lowest BCUT2D eigenvalue weighted by Crippen LogP contribution is -2.37. The number of nitrogens with one attached hydrogen (secondary N) is 1. The van der Waals surface area contributed by atoms with Crippen molar-refractivity contribution in [2.45, 2.75) is 31.9 Å². The van der Waals surface area contributed by atoms with Crippen molar-refractivity contribution < 1.29 is 24.5 Å². The third-order valence-electron chi connectivity index (χ3n) is 3.79. The first-order valence-corrected chi connectivity index (χ1v) is 8.49. The van der Waals surface area contributed by atoms with E-state index < -0.39 is 18.1 Å². The number of halogens is 1. The van der Waals surface area contributed by atoms with Gasteiger partial charge in [-0.05, 0) is 30.5 Å². The van der Waals surface area contributed by atoms with Gasteiger partial charge in [0.05, 0.1) is 0 Å². The van der Waals surface area contributed by atoms with Gasteiger partial charge in [-0.2, -0.15) is 0 Å². The van der Waals surface area contributed by atoms with Gasteiger partial charge in [-0.25, -0.2) is 4.79 Å². The van der Waals surface area contributed by atoms with E-state index in [1.807, 2.05) is 30.3 Å². The molecule has 2 rings (SSSR count). The molecule has 7 heteroatoms. The summed E-state index contributed by atoms with van der Waals surface area (Å²) in [6.07, 6.45) is -0.412. The van der Waals surface area contributed by atoms with Crippen molar-refractivity contribution in [1.82, 2.24) is 5.32 Å². The number of carbonyl (C=O) groups excluding carboxylic acids is 1. The van der Waals surface area contributed by atoms with Gasteiger partial charge in [-0.3, -0.25) is 4.79 Å². The van der Waals surface area contributed by atoms with Gasteiger partial charge >= 0.3 is 12.1 Å². The largest absolute Gasteiger partial charge is 0.508 e. The van der Waals surface area contributed by atoms with E-state index in [4.69, 9.17) is 21.4 Å². The van der Waals surface area contributed by atoms with Crippen molar-refractivity contribution in [2.75, 3.05) is 0 Å². The van der Waals surface area contributed by atoms with Crippen LogP contribution in [-0.2, 0) is 22.6 Å². The number of benzene rings is 2. The molecule has 26 heavy (non-hydrogen) atoms. The van der Waals surface area contributed by atoms with Gasteiger partial charge < -0.3 is 20.3 Å². The van der Waals surface area contributed by atoms with Crippen LogP contribution in [0.2, 0.25) is 5.02 Å². The fourth-order valence-electron chi connectivity index (χ4n) is 2.45. The highest BCUT2D eigenvalue weighted by atomic mass is 35.5. The molecule has 0 aliphatic heterocycles. The Morgan fingerprint density at radius 1 is 1.12 bits per heavy atom. The van der Waals surface area contributed by atoms with Crippen molar-refractivity contribution in [1.29, 1.82) is 0 Å². The molecule has 2 aromatic rings. The zero-order valence-corrected chi connectivity index (χ0v) is 14.8. The molecule has 0 radical (unpaired) electrons. The van der Waals surface area contributed by atoms with Gasteiger partial charge in [0.1, 0.15) is 12.4 Å². The minimum atomic E-state index is -0.974. The van der Waals surface area contributed by atoms with Crippen molar-refractivity contribution in [3.63, 3.8) is 0 Å². The average Bonchev–Trinajstić information content (AvgIpc) is 2.61. The third kappa shape index (κ3) is 6.29. The Morgan fingerprint density at radius 2 is 1.85 bits per heavy atom. The summed E-state index contributed by atoms with van der Waals surface area (Å²) in [5.41, 5.74) is 1.29. The minimum absolute atomic E-state index is 0.00252. The molecule has 2 aromatic carbocycles. The first-order chi connectivity index (χ1) is 12.5. The maximum absolute atomic E-state index is 12.1. The molecule has 0 spiro atoms. The maximum Gasteiger partial charge on any atom is 0.407 e. The Balaban J connectivity index is 1.99. The molecule has 6 nitrogen and oxygen atoms in total. The number of aromatic hydroxyl groups is 1. The highest BCUT2D eigenvalue weighted by Crippen LogP contribution is 2.27. The molecular weight excluding hydrogens is 358 g/mol. The number of rotatable bonds is 8. The van der Waals surface area contributed by atoms with E-state index >= 15 is 0 Å². The predicted octanol–water partition coefficient (Wildman–Crippen LogP) is 3.75. The van der Waals surface area contributed by atoms with Gasteiger partial charge in [0.25, 0.3) is 0 Å². The van der Waals surface area contributed by atoms with E-state index in [9.17, 15) is 14.7 Å². The van der Waals surface area contributed by atoms with Crippen molar-refractivity contribution >= 4 is 23.7 Å². The van der Waals surface area contributed by atoms with Gasteiger partial charge in [-0.15, -0.1) is 0 Å². The number of aliphatic carboxylic acids is 1. The number of phenolic OH excluding ortho intramolecular Hbond substituents is 1. The number of carboxylic acids is 1. The van der Waals surface area contributed by atoms with Crippen LogP contribution < -0.4 is 5.32 Å². The van der Waals surface area contributed by atoms with Crippen LogP contribution in [-0.4, -0.2) is 28.3 Å². The van der Waals surface area contributed by atoms with Crippen molar-refractivity contribution in [3.8, 4) is 5.75 Å². The number of hydrogen-bond acceptors (Lipinski definition) is 4. The topological polar surface area (TPSA) is 95.9 Å². The molecule has 0 saturated heterocycles. The quantitative estimate of drug-likeness (QED) is 0.651. The van der Waals surface area contributed by atoms with E-state index in [1.165, 1.54) is 6.07 Å². The Labute approximate surface area is 156 Å². The number of carbonyl (C=O) groups is 2. The summed E-state index contributed by atoms with van der Waals surface area (Å²) in [7, 11) is 0. The fourth-order valence-corrected chi connectivity index (χ4v) is 2.70. The lowest BCUT2D eigenvalue weighted by Gasteiger charge is -2.19. The van der Waals surface area contributed by atoms with Crippen LogP contribution in [0, 0.1) is 0 Å². The number of carboxylic acid groups (broad SMARTS) is 1. The number of hydrogen-bond donors (Lipinski definition) is 3. The standard InChI is InChI=1S/C19H20ClNO5/c20-16-7-4-8-17(22)15(16)11-14(9-10-18(23)24)21-19(25)26-12-13-5-2-1-3-6-13/h1-8,14,22H,9-12H2,(H,21,25)(H,23,24). The molecule has 0 aliphatic carbocycles. The van der Waals surface area contributed by atoms with Gasteiger partial charge in [0.15, 0.2) is 0 Å². The zero-order chi connectivity index (χ0) is 18.9. The highest BCUT2D eigenvalue weighted by Gasteiger charge is 2.19. The molecule has 0 aliphatic rings. The SMILES string of the molecule is O=C(O)CCC(Cc1c(O)cccc1Cl)NC(=O)OCc1ccccc1. The molecule has 0 aromatic heterocycles. The maximum atomic E-state index is 12.1. The smallest absolute Gasteiger partial charge is 0.407 e. The second kappa shape index (κ2) is 9.68. The van der Waals surface area contributed by atoms with E-state index in [0.29, 0.717) is 10.6 Å². The van der Waals surface area contributed by atoms with Crippen molar-refractivity contribution in [2.24, 2.45) is 0 Å². The zero-order valence-electron chi connectivity index (χ0n) is 14.0. The number of ether oxygens (including phenoxy) is 1. The molecule has 0 bridgehead atoms. The second-order valence-electron chi connectivity index (χ2n) is 5.78. The molecule has 0 heterocycles. The van der Waals surface area contributed by atoms with Crippen LogP contribution >= 0.6 is 11.6 Å². The summed E-state index contributed by atoms with van der Waals surface area (Å²) < 4.78 is 5.17. The van der Waals surface area contributed by atoms with E-state index in [2.05, 4.69) is 5.32 Å². The number of alkyl carbamates (subject to hydrolysis) is 1. The lowest BCUT2D eigenvalue weighted by molar-refractivity contribution is -0.137. The molecule has 1 atom stereocenters. The first kappa shape index (κ1) is 19.6. The number of phenols is 1. The molecule has 1 amide bonds. The summed E-state index contributed by atoms with van der Waals surface area (Å²) in [5.74, 6) is -0.977. The summed E-state index contributed by atoms with van der Waals surface area (Å²) in [5, 5.41) is 21.9. The summed E-state index contributed by atoms with van der Waals surface area (Å²) in [6, 6.07) is 13.4. The van der Waals surface area contributed by atoms with Crippen LogP contribution in [0.25, 0.3) is 0 Å². The highest BCUT2D eigenvalue weighted by molar-refractivity contribution is 6.31. The molecule has 3 N–H and O–H groups in total. The van der Waals surface area contributed by atoms with Crippen LogP contribution in [0.1, 0.15) is 24.0 Å². The Hall–Kier alpha value is -2.73. The fraction of sp³-hybridized carbons (Fsp3) is 0.263. The molecular formula is C19H20ClNO5. The Bertz CT molecular complexity index is 731. The normalized spacial score (nSPS) is 11.6. The van der Waals surface area contributed by atoms with Gasteiger partial charge in [0.2, 0.25) is 0 Å².